The molecule has 0 aliphatic carbocycles. The first-order valence-corrected chi connectivity index (χ1v) is 12.0. The van der Waals surface area contributed by atoms with Crippen molar-refractivity contribution in [3.05, 3.63) is 30.1 Å². The number of carbonyl (C=O) groups is 2. The maximum absolute atomic E-state index is 13.1. The molecule has 0 unspecified atom stereocenters. The van der Waals surface area contributed by atoms with Gasteiger partial charge in [0.1, 0.15) is 0 Å². The number of aromatic nitrogens is 1. The molecule has 31 heavy (non-hydrogen) atoms. The first-order valence-electron chi connectivity index (χ1n) is 12.0. The smallest absolute Gasteiger partial charge is 0.319 e. The van der Waals surface area contributed by atoms with Gasteiger partial charge in [-0.1, -0.05) is 6.07 Å². The number of piperidine rings is 2. The molecule has 1 aromatic heterocycles. The summed E-state index contributed by atoms with van der Waals surface area (Å²) in [5.41, 5.74) is 1.14. The van der Waals surface area contributed by atoms with E-state index < -0.39 is 0 Å². The highest BCUT2D eigenvalue weighted by molar-refractivity contribution is 5.80. The van der Waals surface area contributed by atoms with Gasteiger partial charge in [-0.05, 0) is 51.7 Å². The van der Waals surface area contributed by atoms with E-state index in [-0.39, 0.29) is 17.9 Å². The van der Waals surface area contributed by atoms with Gasteiger partial charge in [0.05, 0.1) is 0 Å². The van der Waals surface area contributed by atoms with Crippen molar-refractivity contribution in [3.63, 3.8) is 0 Å². The maximum atomic E-state index is 13.1. The third kappa shape index (κ3) is 6.19. The lowest BCUT2D eigenvalue weighted by Crippen LogP contribution is -2.51. The second kappa shape index (κ2) is 11.5. The van der Waals surface area contributed by atoms with Gasteiger partial charge in [-0.3, -0.25) is 9.78 Å². The quantitative estimate of drug-likeness (QED) is 0.669. The van der Waals surface area contributed by atoms with Crippen molar-refractivity contribution in [2.24, 2.45) is 5.92 Å². The molecule has 3 amide bonds. The van der Waals surface area contributed by atoms with E-state index in [4.69, 9.17) is 0 Å². The largest absolute Gasteiger partial charge is 0.342 e. The van der Waals surface area contributed by atoms with Gasteiger partial charge in [-0.15, -0.1) is 0 Å². The van der Waals surface area contributed by atoms with Crippen LogP contribution in [0.2, 0.25) is 0 Å². The number of hydrogen-bond donors (Lipinski definition) is 0. The zero-order valence-corrected chi connectivity index (χ0v) is 19.5. The van der Waals surface area contributed by atoms with E-state index in [0.717, 1.165) is 70.5 Å². The zero-order chi connectivity index (χ0) is 22.2. The van der Waals surface area contributed by atoms with E-state index in [9.17, 15) is 9.59 Å². The molecule has 1 aromatic rings. The lowest BCUT2D eigenvalue weighted by Gasteiger charge is -2.40. The van der Waals surface area contributed by atoms with Gasteiger partial charge in [0.25, 0.3) is 0 Å². The molecule has 0 spiro atoms. The Hall–Kier alpha value is -2.15. The van der Waals surface area contributed by atoms with E-state index in [1.807, 2.05) is 53.9 Å². The highest BCUT2D eigenvalue weighted by Gasteiger charge is 2.33. The van der Waals surface area contributed by atoms with E-state index in [2.05, 4.69) is 16.0 Å². The van der Waals surface area contributed by atoms with Crippen LogP contribution in [0, 0.1) is 5.92 Å². The molecule has 2 saturated heterocycles. The third-order valence-electron chi connectivity index (χ3n) is 7.01. The number of pyridine rings is 1. The standard InChI is InChI=1S/C24H39N5O2/c1-4-28(5-2)24(31)29-18-9-20(10-19-29)23(30)26(3)22-12-16-27(17-13-22)15-11-21-8-6-7-14-25-21/h6-8,14,20,22H,4-5,9-13,15-19H2,1-3H3. The summed E-state index contributed by atoms with van der Waals surface area (Å²) in [6.45, 7) is 9.96. The number of hydrogen-bond acceptors (Lipinski definition) is 4. The fraction of sp³-hybridized carbons (Fsp3) is 0.708. The van der Waals surface area contributed by atoms with Crippen molar-refractivity contribution in [1.82, 2.24) is 24.6 Å². The SMILES string of the molecule is CCN(CC)C(=O)N1CCC(C(=O)N(C)C2CCN(CCc3ccccn3)CC2)CC1. The molecular weight excluding hydrogens is 390 g/mol. The van der Waals surface area contributed by atoms with Gasteiger partial charge < -0.3 is 19.6 Å². The number of urea groups is 1. The van der Waals surface area contributed by atoms with Crippen molar-refractivity contribution in [2.75, 3.05) is 52.9 Å². The second-order valence-corrected chi connectivity index (χ2v) is 8.81. The van der Waals surface area contributed by atoms with Gasteiger partial charge in [-0.25, -0.2) is 4.79 Å². The van der Waals surface area contributed by atoms with Gasteiger partial charge in [0.2, 0.25) is 5.91 Å². The number of carbonyl (C=O) groups excluding carboxylic acids is 2. The molecule has 7 heteroatoms. The fourth-order valence-electron chi connectivity index (χ4n) is 4.83. The molecule has 0 N–H and O–H groups in total. The predicted molar refractivity (Wildman–Crippen MR) is 123 cm³/mol. The van der Waals surface area contributed by atoms with Crippen LogP contribution in [-0.2, 0) is 11.2 Å². The molecule has 0 aromatic carbocycles. The number of amides is 3. The molecule has 0 saturated carbocycles. The topological polar surface area (TPSA) is 60.0 Å². The van der Waals surface area contributed by atoms with Crippen molar-refractivity contribution in [2.45, 2.75) is 52.0 Å². The van der Waals surface area contributed by atoms with E-state index in [1.165, 1.54) is 0 Å². The highest BCUT2D eigenvalue weighted by Crippen LogP contribution is 2.24. The number of nitrogens with zero attached hydrogens (tertiary/aromatic N) is 5. The van der Waals surface area contributed by atoms with Crippen LogP contribution in [0.15, 0.2) is 24.4 Å². The highest BCUT2D eigenvalue weighted by atomic mass is 16.2. The van der Waals surface area contributed by atoms with Crippen LogP contribution < -0.4 is 0 Å². The van der Waals surface area contributed by atoms with Crippen molar-refractivity contribution in [3.8, 4) is 0 Å². The Bertz CT molecular complexity index is 693. The molecule has 0 bridgehead atoms. The Balaban J connectivity index is 1.40. The average molecular weight is 430 g/mol. The summed E-state index contributed by atoms with van der Waals surface area (Å²) in [6, 6.07) is 6.52. The Labute approximate surface area is 187 Å². The minimum atomic E-state index is 0.0490. The molecule has 0 radical (unpaired) electrons. The molecule has 172 valence electrons. The van der Waals surface area contributed by atoms with Crippen LogP contribution in [0.1, 0.15) is 45.2 Å². The molecular formula is C24H39N5O2. The van der Waals surface area contributed by atoms with Crippen LogP contribution in [0.3, 0.4) is 0 Å². The summed E-state index contributed by atoms with van der Waals surface area (Å²) in [5.74, 6) is 0.315. The van der Waals surface area contributed by atoms with E-state index in [0.29, 0.717) is 19.1 Å². The van der Waals surface area contributed by atoms with Gasteiger partial charge in [0.15, 0.2) is 0 Å². The van der Waals surface area contributed by atoms with Crippen LogP contribution in [0.25, 0.3) is 0 Å². The molecule has 0 atom stereocenters. The monoisotopic (exact) mass is 429 g/mol. The molecule has 7 nitrogen and oxygen atoms in total. The number of likely N-dealkylation sites (tertiary alicyclic amines) is 2. The third-order valence-corrected chi connectivity index (χ3v) is 7.01. The Morgan fingerprint density at radius 2 is 1.71 bits per heavy atom. The summed E-state index contributed by atoms with van der Waals surface area (Å²) in [7, 11) is 1.98. The van der Waals surface area contributed by atoms with Crippen LogP contribution >= 0.6 is 0 Å². The second-order valence-electron chi connectivity index (χ2n) is 8.81. The summed E-state index contributed by atoms with van der Waals surface area (Å²) >= 11 is 0. The first-order chi connectivity index (χ1) is 15.0. The Kier molecular flexibility index (Phi) is 8.69. The van der Waals surface area contributed by atoms with Crippen LogP contribution in [0.4, 0.5) is 4.79 Å². The summed E-state index contributed by atoms with van der Waals surface area (Å²) in [5, 5.41) is 0. The van der Waals surface area contributed by atoms with Crippen molar-refractivity contribution >= 4 is 11.9 Å². The van der Waals surface area contributed by atoms with Crippen molar-refractivity contribution < 1.29 is 9.59 Å². The lowest BCUT2D eigenvalue weighted by atomic mass is 9.93. The fourth-order valence-corrected chi connectivity index (χ4v) is 4.83. The maximum Gasteiger partial charge on any atom is 0.319 e. The van der Waals surface area contributed by atoms with Crippen LogP contribution in [-0.4, -0.2) is 95.4 Å². The summed E-state index contributed by atoms with van der Waals surface area (Å²) in [6.07, 6.45) is 6.45. The van der Waals surface area contributed by atoms with Gasteiger partial charge in [0, 0.05) is 83.1 Å². The van der Waals surface area contributed by atoms with Crippen molar-refractivity contribution in [1.29, 1.82) is 0 Å². The summed E-state index contributed by atoms with van der Waals surface area (Å²) in [4.78, 5) is 38.3. The van der Waals surface area contributed by atoms with Gasteiger partial charge in [-0.2, -0.15) is 0 Å². The molecule has 2 aliphatic heterocycles. The van der Waals surface area contributed by atoms with Crippen LogP contribution in [0.5, 0.6) is 0 Å². The zero-order valence-electron chi connectivity index (χ0n) is 19.5. The minimum Gasteiger partial charge on any atom is -0.342 e. The lowest BCUT2D eigenvalue weighted by molar-refractivity contribution is -0.138. The molecule has 3 heterocycles. The van der Waals surface area contributed by atoms with E-state index >= 15 is 0 Å². The molecule has 2 fully saturated rings. The predicted octanol–water partition coefficient (Wildman–Crippen LogP) is 2.72. The first kappa shape index (κ1) is 23.5. The normalized spacial score (nSPS) is 18.7. The molecule has 2 aliphatic rings. The minimum absolute atomic E-state index is 0.0490. The molecule has 3 rings (SSSR count). The van der Waals surface area contributed by atoms with Gasteiger partial charge >= 0.3 is 6.03 Å². The number of rotatable bonds is 7. The summed E-state index contributed by atoms with van der Waals surface area (Å²) < 4.78 is 0. The average Bonchev–Trinajstić information content (AvgIpc) is 2.83. The Morgan fingerprint density at radius 3 is 2.29 bits per heavy atom. The van der Waals surface area contributed by atoms with E-state index in [1.54, 1.807) is 0 Å². The Morgan fingerprint density at radius 1 is 1.03 bits per heavy atom.